The van der Waals surface area contributed by atoms with Crippen molar-refractivity contribution < 1.29 is 14.7 Å². The fourth-order valence-corrected chi connectivity index (χ4v) is 2.71. The molecule has 0 radical (unpaired) electrons. The van der Waals surface area contributed by atoms with Crippen molar-refractivity contribution in [1.29, 1.82) is 0 Å². The Hall–Kier alpha value is -3.08. The number of ketones is 1. The molecule has 3 rings (SSSR count). The van der Waals surface area contributed by atoms with Crippen LogP contribution in [0.15, 0.2) is 48.5 Å². The molecule has 23 heavy (non-hydrogen) atoms. The minimum atomic E-state index is -0.891. The molecule has 5 nitrogen and oxygen atoms in total. The van der Waals surface area contributed by atoms with Crippen molar-refractivity contribution >= 4 is 28.3 Å². The summed E-state index contributed by atoms with van der Waals surface area (Å²) in [5, 5.41) is 9.83. The van der Waals surface area contributed by atoms with Gasteiger partial charge in [0.05, 0.1) is 5.69 Å². The summed E-state index contributed by atoms with van der Waals surface area (Å²) in [4.78, 5) is 26.8. The van der Waals surface area contributed by atoms with E-state index in [1.54, 1.807) is 24.3 Å². The zero-order valence-electron chi connectivity index (χ0n) is 12.4. The van der Waals surface area contributed by atoms with Gasteiger partial charge in [-0.05, 0) is 30.2 Å². The van der Waals surface area contributed by atoms with E-state index in [0.717, 1.165) is 16.5 Å². The molecule has 3 aromatic rings. The molecule has 0 unspecified atom stereocenters. The van der Waals surface area contributed by atoms with Crippen molar-refractivity contribution in [2.45, 2.75) is 12.8 Å². The highest BCUT2D eigenvalue weighted by Gasteiger charge is 2.19. The molecule has 0 aliphatic carbocycles. The molecule has 0 amide bonds. The van der Waals surface area contributed by atoms with Crippen LogP contribution in [0, 0.1) is 0 Å². The third-order valence-corrected chi connectivity index (χ3v) is 3.78. The van der Waals surface area contributed by atoms with Gasteiger partial charge in [0.2, 0.25) is 5.78 Å². The van der Waals surface area contributed by atoms with Gasteiger partial charge in [-0.15, -0.1) is 0 Å². The van der Waals surface area contributed by atoms with Crippen LogP contribution in [0.2, 0.25) is 0 Å². The molecular formula is C18H16N2O3. The maximum Gasteiger partial charge on any atom is 0.303 e. The number of nitrogens with two attached hydrogens (primary N) is 1. The molecule has 4 N–H and O–H groups in total. The summed E-state index contributed by atoms with van der Waals surface area (Å²) in [6, 6.07) is 14.3. The summed E-state index contributed by atoms with van der Waals surface area (Å²) in [7, 11) is 0. The molecule has 0 bridgehead atoms. The Kier molecular flexibility index (Phi) is 3.85. The lowest BCUT2D eigenvalue weighted by atomic mass is 10.00. The zero-order valence-corrected chi connectivity index (χ0v) is 12.4. The summed E-state index contributed by atoms with van der Waals surface area (Å²) in [6.45, 7) is 0. The monoisotopic (exact) mass is 308 g/mol. The average molecular weight is 308 g/mol. The van der Waals surface area contributed by atoms with Gasteiger partial charge in [0.25, 0.3) is 0 Å². The fourth-order valence-electron chi connectivity index (χ4n) is 2.71. The first-order chi connectivity index (χ1) is 11.1. The second-order valence-corrected chi connectivity index (χ2v) is 5.37. The summed E-state index contributed by atoms with van der Waals surface area (Å²) >= 11 is 0. The summed E-state index contributed by atoms with van der Waals surface area (Å²) in [5.41, 5.74) is 8.72. The van der Waals surface area contributed by atoms with Crippen molar-refractivity contribution in [2.75, 3.05) is 5.73 Å². The van der Waals surface area contributed by atoms with Gasteiger partial charge in [-0.2, -0.15) is 0 Å². The van der Waals surface area contributed by atoms with Crippen LogP contribution < -0.4 is 5.73 Å². The number of nitrogens with one attached hydrogen (secondary N) is 1. The first-order valence-electron chi connectivity index (χ1n) is 7.28. The first-order valence-corrected chi connectivity index (χ1v) is 7.28. The molecule has 5 heteroatoms. The van der Waals surface area contributed by atoms with E-state index in [4.69, 9.17) is 10.8 Å². The summed E-state index contributed by atoms with van der Waals surface area (Å²) < 4.78 is 0. The van der Waals surface area contributed by atoms with Crippen molar-refractivity contribution in [3.63, 3.8) is 0 Å². The number of nitrogen functional groups attached to an aromatic ring is 1. The number of aryl methyl sites for hydroxylation is 1. The van der Waals surface area contributed by atoms with Crippen LogP contribution in [0.3, 0.4) is 0 Å². The number of rotatable bonds is 5. The van der Waals surface area contributed by atoms with Crippen molar-refractivity contribution in [3.8, 4) is 0 Å². The number of para-hydroxylation sites is 1. The van der Waals surface area contributed by atoms with Crippen LogP contribution in [0.5, 0.6) is 0 Å². The minimum Gasteiger partial charge on any atom is -0.481 e. The number of carbonyl (C=O) groups is 2. The van der Waals surface area contributed by atoms with E-state index in [2.05, 4.69) is 4.98 Å². The van der Waals surface area contributed by atoms with E-state index >= 15 is 0 Å². The molecule has 0 saturated carbocycles. The SMILES string of the molecule is Nc1cccc(C(=O)c2[nH]c3ccccc3c2CCC(=O)O)c1. The lowest BCUT2D eigenvalue weighted by Gasteiger charge is -2.04. The second-order valence-electron chi connectivity index (χ2n) is 5.37. The van der Waals surface area contributed by atoms with Crippen molar-refractivity contribution in [1.82, 2.24) is 4.98 Å². The van der Waals surface area contributed by atoms with Crippen LogP contribution in [-0.2, 0) is 11.2 Å². The van der Waals surface area contributed by atoms with Crippen LogP contribution in [0.4, 0.5) is 5.69 Å². The predicted octanol–water partition coefficient (Wildman–Crippen LogP) is 3.00. The molecule has 0 atom stereocenters. The first kappa shape index (κ1) is 14.8. The van der Waals surface area contributed by atoms with E-state index in [1.165, 1.54) is 0 Å². The summed E-state index contributed by atoms with van der Waals surface area (Å²) in [5.74, 6) is -1.08. The van der Waals surface area contributed by atoms with Gasteiger partial charge in [0, 0.05) is 28.6 Å². The zero-order chi connectivity index (χ0) is 16.4. The molecule has 2 aromatic carbocycles. The topological polar surface area (TPSA) is 96.2 Å². The summed E-state index contributed by atoms with van der Waals surface area (Å²) in [6.07, 6.45) is 0.266. The number of carboxylic acid groups (broad SMARTS) is 1. The maximum absolute atomic E-state index is 12.8. The van der Waals surface area contributed by atoms with Crippen LogP contribution in [0.25, 0.3) is 10.9 Å². The van der Waals surface area contributed by atoms with Gasteiger partial charge in [0.15, 0.2) is 0 Å². The Morgan fingerprint density at radius 1 is 1.09 bits per heavy atom. The molecule has 0 saturated heterocycles. The molecule has 0 fully saturated rings. The van der Waals surface area contributed by atoms with Crippen molar-refractivity contribution in [3.05, 3.63) is 65.4 Å². The number of benzene rings is 2. The number of anilines is 1. The predicted molar refractivity (Wildman–Crippen MR) is 88.5 cm³/mol. The minimum absolute atomic E-state index is 0.0287. The van der Waals surface area contributed by atoms with Crippen molar-refractivity contribution in [2.24, 2.45) is 0 Å². The Morgan fingerprint density at radius 3 is 2.61 bits per heavy atom. The molecule has 0 aliphatic heterocycles. The average Bonchev–Trinajstić information content (AvgIpc) is 2.90. The lowest BCUT2D eigenvalue weighted by molar-refractivity contribution is -0.136. The Morgan fingerprint density at radius 2 is 1.87 bits per heavy atom. The van der Waals surface area contributed by atoms with E-state index in [9.17, 15) is 9.59 Å². The molecule has 0 aliphatic rings. The van der Waals surface area contributed by atoms with Crippen LogP contribution >= 0.6 is 0 Å². The third-order valence-electron chi connectivity index (χ3n) is 3.78. The number of aromatic amines is 1. The number of H-pyrrole nitrogens is 1. The van der Waals surface area contributed by atoms with E-state index in [0.29, 0.717) is 23.4 Å². The fraction of sp³-hybridized carbons (Fsp3) is 0.111. The number of fused-ring (bicyclic) bond motifs is 1. The van der Waals surface area contributed by atoms with E-state index < -0.39 is 5.97 Å². The van der Waals surface area contributed by atoms with Gasteiger partial charge in [-0.25, -0.2) is 0 Å². The van der Waals surface area contributed by atoms with E-state index in [1.807, 2.05) is 24.3 Å². The number of hydrogen-bond donors (Lipinski definition) is 3. The smallest absolute Gasteiger partial charge is 0.303 e. The largest absolute Gasteiger partial charge is 0.481 e. The highest BCUT2D eigenvalue weighted by atomic mass is 16.4. The Balaban J connectivity index is 2.10. The number of carboxylic acids is 1. The standard InChI is InChI=1S/C18H16N2O3/c19-12-5-3-4-11(10-12)18(23)17-14(8-9-16(21)22)13-6-1-2-7-15(13)20-17/h1-7,10,20H,8-9,19H2,(H,21,22). The molecule has 1 heterocycles. The van der Waals surface area contributed by atoms with Gasteiger partial charge in [0.1, 0.15) is 0 Å². The molecule has 0 spiro atoms. The van der Waals surface area contributed by atoms with Gasteiger partial charge >= 0.3 is 5.97 Å². The molecule has 1 aromatic heterocycles. The van der Waals surface area contributed by atoms with Gasteiger partial charge in [-0.1, -0.05) is 30.3 Å². The second kappa shape index (κ2) is 5.96. The number of hydrogen-bond acceptors (Lipinski definition) is 3. The molecule has 116 valence electrons. The lowest BCUT2D eigenvalue weighted by Crippen LogP contribution is -2.07. The Bertz CT molecular complexity index is 896. The van der Waals surface area contributed by atoms with Crippen LogP contribution in [0.1, 0.15) is 28.0 Å². The molecular weight excluding hydrogens is 292 g/mol. The van der Waals surface area contributed by atoms with Gasteiger partial charge < -0.3 is 15.8 Å². The highest BCUT2D eigenvalue weighted by Crippen LogP contribution is 2.26. The Labute approximate surface area is 132 Å². The number of aromatic nitrogens is 1. The highest BCUT2D eigenvalue weighted by molar-refractivity contribution is 6.12. The number of aliphatic carboxylic acids is 1. The van der Waals surface area contributed by atoms with Crippen LogP contribution in [-0.4, -0.2) is 21.8 Å². The van der Waals surface area contributed by atoms with Gasteiger partial charge in [-0.3, -0.25) is 9.59 Å². The third kappa shape index (κ3) is 2.94. The number of carbonyl (C=O) groups excluding carboxylic acids is 1. The maximum atomic E-state index is 12.8. The normalized spacial score (nSPS) is 10.8. The quantitative estimate of drug-likeness (QED) is 0.498. The van der Waals surface area contributed by atoms with E-state index in [-0.39, 0.29) is 12.2 Å².